The van der Waals surface area contributed by atoms with Crippen LogP contribution < -0.4 is 5.32 Å². The molecule has 0 bridgehead atoms. The van der Waals surface area contributed by atoms with Gasteiger partial charge in [0.05, 0.1) is 19.1 Å². The molecule has 0 aliphatic carbocycles. The van der Waals surface area contributed by atoms with Crippen molar-refractivity contribution in [1.82, 2.24) is 5.32 Å². The van der Waals surface area contributed by atoms with Gasteiger partial charge in [-0.25, -0.2) is 14.0 Å². The maximum Gasteiger partial charge on any atom is 0.338 e. The van der Waals surface area contributed by atoms with E-state index >= 15 is 0 Å². The topological polar surface area (TPSA) is 81.7 Å². The van der Waals surface area contributed by atoms with Crippen LogP contribution in [0, 0.1) is 5.82 Å². The molecule has 2 aromatic rings. The van der Waals surface area contributed by atoms with Crippen LogP contribution in [0.15, 0.2) is 48.5 Å². The molecule has 0 aromatic heterocycles. The maximum atomic E-state index is 13.0. The van der Waals surface area contributed by atoms with Crippen LogP contribution in [0.4, 0.5) is 4.39 Å². The molecule has 0 aliphatic heterocycles. The summed E-state index contributed by atoms with van der Waals surface area (Å²) in [6.07, 6.45) is 0.196. The smallest absolute Gasteiger partial charge is 0.338 e. The molecule has 1 amide bonds. The predicted octanol–water partition coefficient (Wildman–Crippen LogP) is 3.22. The summed E-state index contributed by atoms with van der Waals surface area (Å²) in [5.74, 6) is -1.80. The number of amides is 1. The largest absolute Gasteiger partial charge is 0.467 e. The van der Waals surface area contributed by atoms with Gasteiger partial charge in [0.25, 0.3) is 0 Å². The van der Waals surface area contributed by atoms with Crippen molar-refractivity contribution in [2.24, 2.45) is 0 Å². The molecule has 1 atom stereocenters. The lowest BCUT2D eigenvalue weighted by molar-refractivity contribution is -0.145. The minimum absolute atomic E-state index is 0.00531. The van der Waals surface area contributed by atoms with E-state index in [0.717, 1.165) is 5.56 Å². The van der Waals surface area contributed by atoms with Crippen molar-refractivity contribution in [3.63, 3.8) is 0 Å². The number of nitrogens with one attached hydrogen (secondary N) is 1. The lowest BCUT2D eigenvalue weighted by atomic mass is 10.0. The molecule has 30 heavy (non-hydrogen) atoms. The Kier molecular flexibility index (Phi) is 7.69. The number of carbonyl (C=O) groups excluding carboxylic acids is 3. The zero-order chi connectivity index (χ0) is 22.3. The standard InChI is InChI=1S/C23H26FNO5/c1-23(2,3)30-21(27)17-9-5-15(6-10-17)13-19(22(28)29-4)25-20(26)14-16-7-11-18(24)12-8-16/h5-12,19H,13-14H2,1-4H3,(H,25,26)/t19-/m1/s1. The minimum atomic E-state index is -0.893. The molecule has 0 saturated heterocycles. The number of hydrogen-bond donors (Lipinski definition) is 1. The number of benzene rings is 2. The van der Waals surface area contributed by atoms with Crippen LogP contribution in [-0.4, -0.2) is 36.6 Å². The average molecular weight is 415 g/mol. The van der Waals surface area contributed by atoms with E-state index in [4.69, 9.17) is 9.47 Å². The van der Waals surface area contributed by atoms with Gasteiger partial charge in [-0.05, 0) is 56.2 Å². The van der Waals surface area contributed by atoms with Gasteiger partial charge in [-0.2, -0.15) is 0 Å². The Morgan fingerprint density at radius 3 is 2.07 bits per heavy atom. The number of ether oxygens (including phenoxy) is 2. The summed E-state index contributed by atoms with van der Waals surface area (Å²) in [6, 6.07) is 11.3. The van der Waals surface area contributed by atoms with Crippen LogP contribution in [0.1, 0.15) is 42.3 Å². The first-order valence-corrected chi connectivity index (χ1v) is 9.51. The lowest BCUT2D eigenvalue weighted by Crippen LogP contribution is -2.43. The van der Waals surface area contributed by atoms with Gasteiger partial charge in [-0.3, -0.25) is 4.79 Å². The predicted molar refractivity (Wildman–Crippen MR) is 109 cm³/mol. The average Bonchev–Trinajstić information content (AvgIpc) is 2.68. The van der Waals surface area contributed by atoms with E-state index in [9.17, 15) is 18.8 Å². The van der Waals surface area contributed by atoms with Crippen molar-refractivity contribution in [2.75, 3.05) is 7.11 Å². The first kappa shape index (κ1) is 23.1. The summed E-state index contributed by atoms with van der Waals surface area (Å²) in [7, 11) is 1.24. The van der Waals surface area contributed by atoms with Gasteiger partial charge < -0.3 is 14.8 Å². The van der Waals surface area contributed by atoms with Crippen molar-refractivity contribution in [1.29, 1.82) is 0 Å². The van der Waals surface area contributed by atoms with E-state index in [1.165, 1.54) is 31.4 Å². The second kappa shape index (κ2) is 10.0. The fourth-order valence-corrected chi connectivity index (χ4v) is 2.72. The molecule has 2 aromatic carbocycles. The van der Waals surface area contributed by atoms with Gasteiger partial charge >= 0.3 is 11.9 Å². The summed E-state index contributed by atoms with van der Waals surface area (Å²) >= 11 is 0. The summed E-state index contributed by atoms with van der Waals surface area (Å²) in [4.78, 5) is 36.6. The fourth-order valence-electron chi connectivity index (χ4n) is 2.72. The highest BCUT2D eigenvalue weighted by Gasteiger charge is 2.23. The highest BCUT2D eigenvalue weighted by molar-refractivity contribution is 5.89. The van der Waals surface area contributed by atoms with Gasteiger partial charge in [0.1, 0.15) is 17.5 Å². The monoisotopic (exact) mass is 415 g/mol. The molecule has 0 saturated carbocycles. The number of halogens is 1. The molecule has 0 radical (unpaired) electrons. The fraction of sp³-hybridized carbons (Fsp3) is 0.348. The molecule has 0 fully saturated rings. The Bertz CT molecular complexity index is 885. The van der Waals surface area contributed by atoms with E-state index in [0.29, 0.717) is 11.1 Å². The molecule has 7 heteroatoms. The molecule has 0 aliphatic rings. The summed E-state index contributed by atoms with van der Waals surface area (Å²) < 4.78 is 23.1. The van der Waals surface area contributed by atoms with Crippen LogP contribution in [0.25, 0.3) is 0 Å². The number of esters is 2. The van der Waals surface area contributed by atoms with Crippen LogP contribution in [0.5, 0.6) is 0 Å². The molecule has 2 rings (SSSR count). The summed E-state index contributed by atoms with van der Waals surface area (Å²) in [5, 5.41) is 2.65. The van der Waals surface area contributed by atoms with Gasteiger partial charge in [0, 0.05) is 6.42 Å². The number of carbonyl (C=O) groups is 3. The van der Waals surface area contributed by atoms with Gasteiger partial charge in [-0.1, -0.05) is 24.3 Å². The second-order valence-corrected chi connectivity index (χ2v) is 7.85. The van der Waals surface area contributed by atoms with Crippen LogP contribution >= 0.6 is 0 Å². The van der Waals surface area contributed by atoms with Gasteiger partial charge in [0.2, 0.25) is 5.91 Å². The third kappa shape index (κ3) is 7.31. The molecule has 1 N–H and O–H groups in total. The SMILES string of the molecule is COC(=O)[C@@H](Cc1ccc(C(=O)OC(C)(C)C)cc1)NC(=O)Cc1ccc(F)cc1. The normalized spacial score (nSPS) is 12.0. The Morgan fingerprint density at radius 2 is 1.53 bits per heavy atom. The number of hydrogen-bond acceptors (Lipinski definition) is 5. The van der Waals surface area contributed by atoms with Crippen LogP contribution in [0.2, 0.25) is 0 Å². The highest BCUT2D eigenvalue weighted by atomic mass is 19.1. The van der Waals surface area contributed by atoms with Crippen LogP contribution in [-0.2, 0) is 31.9 Å². The first-order chi connectivity index (χ1) is 14.1. The third-order valence-electron chi connectivity index (χ3n) is 4.13. The Balaban J connectivity index is 2.03. The molecule has 6 nitrogen and oxygen atoms in total. The highest BCUT2D eigenvalue weighted by Crippen LogP contribution is 2.14. The zero-order valence-corrected chi connectivity index (χ0v) is 17.5. The van der Waals surface area contributed by atoms with E-state index in [1.807, 2.05) is 0 Å². The van der Waals surface area contributed by atoms with Crippen molar-refractivity contribution >= 4 is 17.8 Å². The first-order valence-electron chi connectivity index (χ1n) is 9.51. The quantitative estimate of drug-likeness (QED) is 0.702. The Labute approximate surface area is 175 Å². The third-order valence-corrected chi connectivity index (χ3v) is 4.13. The van der Waals surface area contributed by atoms with Crippen molar-refractivity contribution < 1.29 is 28.2 Å². The van der Waals surface area contributed by atoms with E-state index in [1.54, 1.807) is 45.0 Å². The Morgan fingerprint density at radius 1 is 0.967 bits per heavy atom. The molecule has 0 heterocycles. The molecule has 0 unspecified atom stereocenters. The Hall–Kier alpha value is -3.22. The van der Waals surface area contributed by atoms with Crippen molar-refractivity contribution in [3.05, 3.63) is 71.0 Å². The molecule has 160 valence electrons. The van der Waals surface area contributed by atoms with Crippen molar-refractivity contribution in [3.8, 4) is 0 Å². The second-order valence-electron chi connectivity index (χ2n) is 7.85. The number of methoxy groups -OCH3 is 1. The zero-order valence-electron chi connectivity index (χ0n) is 17.5. The van der Waals surface area contributed by atoms with E-state index in [2.05, 4.69) is 5.32 Å². The van der Waals surface area contributed by atoms with Crippen molar-refractivity contribution in [2.45, 2.75) is 45.3 Å². The maximum absolute atomic E-state index is 13.0. The summed E-state index contributed by atoms with van der Waals surface area (Å²) in [6.45, 7) is 5.36. The van der Waals surface area contributed by atoms with Gasteiger partial charge in [-0.15, -0.1) is 0 Å². The molecular weight excluding hydrogens is 389 g/mol. The van der Waals surface area contributed by atoms with E-state index in [-0.39, 0.29) is 24.6 Å². The molecule has 0 spiro atoms. The van der Waals surface area contributed by atoms with E-state index < -0.39 is 23.6 Å². The molecular formula is C23H26FNO5. The van der Waals surface area contributed by atoms with Crippen LogP contribution in [0.3, 0.4) is 0 Å². The minimum Gasteiger partial charge on any atom is -0.467 e. The lowest BCUT2D eigenvalue weighted by Gasteiger charge is -2.20. The number of rotatable bonds is 7. The summed E-state index contributed by atoms with van der Waals surface area (Å²) in [5.41, 5.74) is 1.16. The van der Waals surface area contributed by atoms with Gasteiger partial charge in [0.15, 0.2) is 0 Å².